The van der Waals surface area contributed by atoms with Gasteiger partial charge in [-0.15, -0.1) is 0 Å². The van der Waals surface area contributed by atoms with E-state index < -0.39 is 5.97 Å². The first-order valence-electron chi connectivity index (χ1n) is 12.2. The summed E-state index contributed by atoms with van der Waals surface area (Å²) >= 11 is 0. The van der Waals surface area contributed by atoms with Gasteiger partial charge in [0.15, 0.2) is 0 Å². The van der Waals surface area contributed by atoms with Gasteiger partial charge in [0.2, 0.25) is 0 Å². The number of ether oxygens (including phenoxy) is 1. The van der Waals surface area contributed by atoms with Crippen molar-refractivity contribution in [2.24, 2.45) is 0 Å². The van der Waals surface area contributed by atoms with Crippen molar-refractivity contribution in [2.75, 3.05) is 13.2 Å². The number of aliphatic hydroxyl groups excluding tert-OH is 3. The number of hydrogen-bond donors (Lipinski definition) is 4. The molecule has 0 atom stereocenters. The number of carboxylic acid groups (broad SMARTS) is 1. The monoisotopic (exact) mass is 521 g/mol. The van der Waals surface area contributed by atoms with Gasteiger partial charge in [-0.25, -0.2) is 4.79 Å². The summed E-state index contributed by atoms with van der Waals surface area (Å²) in [5.41, 5.74) is 0. The Bertz CT molecular complexity index is 393. The van der Waals surface area contributed by atoms with Crippen molar-refractivity contribution < 1.29 is 51.7 Å². The summed E-state index contributed by atoms with van der Waals surface area (Å²) in [6.07, 6.45) is 9.53. The molecule has 0 bridgehead atoms. The molecule has 6 nitrogen and oxygen atoms in total. The fraction of sp³-hybridized carbons (Fsp3) is 0.741. The van der Waals surface area contributed by atoms with Crippen molar-refractivity contribution in [1.82, 2.24) is 0 Å². The topological polar surface area (TPSA) is 107 Å². The first-order valence-corrected chi connectivity index (χ1v) is 12.2. The average Bonchev–Trinajstić information content (AvgIpc) is 2.70. The molecule has 0 spiro atoms. The van der Waals surface area contributed by atoms with E-state index in [0.29, 0.717) is 6.61 Å². The summed E-state index contributed by atoms with van der Waals surface area (Å²) in [4.78, 5) is 10.1. The van der Waals surface area contributed by atoms with Crippen LogP contribution in [-0.4, -0.2) is 57.9 Å². The van der Waals surface area contributed by atoms with E-state index in [-0.39, 0.29) is 46.6 Å². The molecule has 202 valence electrons. The molecule has 4 N–H and O–H groups in total. The van der Waals surface area contributed by atoms with Crippen LogP contribution in [0.3, 0.4) is 0 Å². The van der Waals surface area contributed by atoms with Gasteiger partial charge in [-0.3, -0.25) is 0 Å². The van der Waals surface area contributed by atoms with Gasteiger partial charge in [0.25, 0.3) is 0 Å². The van der Waals surface area contributed by atoms with Crippen LogP contribution >= 0.6 is 0 Å². The molecular formula is C27H53O6Ti-. The number of rotatable bonds is 11. The molecular weight excluding hydrogens is 468 g/mol. The fourth-order valence-electron chi connectivity index (χ4n) is 1.84. The Kier molecular flexibility index (Phi) is 50.3. The summed E-state index contributed by atoms with van der Waals surface area (Å²) in [6.45, 7) is 13.0. The summed E-state index contributed by atoms with van der Waals surface area (Å²) in [7, 11) is 0. The average molecular weight is 522 g/mol. The van der Waals surface area contributed by atoms with Crippen molar-refractivity contribution in [2.45, 2.75) is 118 Å². The van der Waals surface area contributed by atoms with Crippen LogP contribution in [-0.2, 0) is 31.2 Å². The molecule has 0 saturated heterocycles. The Balaban J connectivity index is -0.000000121. The van der Waals surface area contributed by atoms with Gasteiger partial charge in [-0.05, 0) is 48.0 Å². The van der Waals surface area contributed by atoms with Crippen molar-refractivity contribution >= 4 is 5.97 Å². The molecule has 34 heavy (non-hydrogen) atoms. The number of aliphatic hydroxyl groups is 3. The molecule has 0 aliphatic heterocycles. The molecule has 0 fully saturated rings. The second kappa shape index (κ2) is 39.5. The van der Waals surface area contributed by atoms with E-state index >= 15 is 0 Å². The van der Waals surface area contributed by atoms with E-state index in [9.17, 15) is 4.79 Å². The maximum atomic E-state index is 10.1. The Morgan fingerprint density at radius 1 is 0.735 bits per heavy atom. The minimum atomic E-state index is -0.880. The number of aliphatic carboxylic acids is 1. The molecule has 0 heterocycles. The number of unbranched alkanes of at least 4 members (excludes halogenated alkanes) is 7. The van der Waals surface area contributed by atoms with Gasteiger partial charge in [0.1, 0.15) is 6.61 Å². The molecule has 7 heteroatoms. The Morgan fingerprint density at radius 3 is 1.35 bits per heavy atom. The molecule has 1 aromatic carbocycles. The first-order chi connectivity index (χ1) is 15.5. The van der Waals surface area contributed by atoms with E-state index in [1.54, 1.807) is 41.5 Å². The molecule has 0 aliphatic carbocycles. The molecule has 0 aliphatic rings. The van der Waals surface area contributed by atoms with Gasteiger partial charge < -0.3 is 25.2 Å². The minimum Gasteiger partial charge on any atom is -0.480 e. The van der Waals surface area contributed by atoms with Crippen LogP contribution in [0.4, 0.5) is 0 Å². The maximum absolute atomic E-state index is 10.1. The molecule has 1 aromatic rings. The van der Waals surface area contributed by atoms with Gasteiger partial charge in [0.05, 0.1) is 0 Å². The Labute approximate surface area is 225 Å². The van der Waals surface area contributed by atoms with Crippen LogP contribution in [0, 0.1) is 6.07 Å². The predicted octanol–water partition coefficient (Wildman–Crippen LogP) is 5.87. The quantitative estimate of drug-likeness (QED) is 0.165. The first kappa shape index (κ1) is 43.3. The van der Waals surface area contributed by atoms with Gasteiger partial charge in [0, 0.05) is 46.6 Å². The molecule has 0 radical (unpaired) electrons. The molecule has 0 aromatic heterocycles. The zero-order valence-electron chi connectivity index (χ0n) is 22.8. The van der Waals surface area contributed by atoms with E-state index in [1.165, 1.54) is 38.5 Å². The smallest absolute Gasteiger partial charge is 0.329 e. The van der Waals surface area contributed by atoms with Gasteiger partial charge in [-0.1, -0.05) is 51.9 Å². The Morgan fingerprint density at radius 2 is 1.09 bits per heavy atom. The summed E-state index contributed by atoms with van der Waals surface area (Å²) in [6, 6.07) is 12.5. The second-order valence-electron chi connectivity index (χ2n) is 8.28. The third kappa shape index (κ3) is 96.1. The van der Waals surface area contributed by atoms with E-state index in [1.807, 2.05) is 30.3 Å². The molecule has 0 amide bonds. The second-order valence-corrected chi connectivity index (χ2v) is 8.28. The predicted molar refractivity (Wildman–Crippen MR) is 138 cm³/mol. The van der Waals surface area contributed by atoms with E-state index in [2.05, 4.69) is 13.0 Å². The number of carboxylic acids is 1. The van der Waals surface area contributed by atoms with Crippen LogP contribution in [0.5, 0.6) is 0 Å². The zero-order chi connectivity index (χ0) is 26.3. The molecule has 1 rings (SSSR count). The van der Waals surface area contributed by atoms with Crippen LogP contribution in [0.25, 0.3) is 0 Å². The van der Waals surface area contributed by atoms with Crippen LogP contribution < -0.4 is 0 Å². The summed E-state index contributed by atoms with van der Waals surface area (Å²) < 4.78 is 4.94. The number of hydrogen-bond acceptors (Lipinski definition) is 5. The SMILES string of the molecule is CC(C)O.CC(C)O.CC(C)O.CCCCCCCCCCOCC(=O)O.[Ti].[c-]1ccccc1. The third-order valence-electron chi connectivity index (χ3n) is 2.97. The standard InChI is InChI=1S/C12H24O3.C6H5.3C3H8O.Ti/c1-2-3-4-5-6-7-8-9-10-15-11-12(13)14;1-2-4-6-5-3-1;3*1-3(2)4;/h2-11H2,1H3,(H,13,14);1-5H;3*3-4H,1-2H3;/q;-1;;;;. The molecule has 0 saturated carbocycles. The minimum absolute atomic E-state index is 0. The summed E-state index contributed by atoms with van der Waals surface area (Å²) in [5, 5.41) is 32.5. The van der Waals surface area contributed by atoms with Crippen molar-refractivity contribution in [3.8, 4) is 0 Å². The molecule has 0 unspecified atom stereocenters. The number of benzene rings is 1. The van der Waals surface area contributed by atoms with Gasteiger partial charge >= 0.3 is 5.97 Å². The van der Waals surface area contributed by atoms with Crippen LogP contribution in [0.15, 0.2) is 30.3 Å². The normalized spacial score (nSPS) is 9.21. The zero-order valence-corrected chi connectivity index (χ0v) is 24.4. The van der Waals surface area contributed by atoms with Crippen molar-refractivity contribution in [1.29, 1.82) is 0 Å². The van der Waals surface area contributed by atoms with E-state index in [0.717, 1.165) is 12.8 Å². The maximum Gasteiger partial charge on any atom is 0.329 e. The van der Waals surface area contributed by atoms with Crippen LogP contribution in [0.1, 0.15) is 99.8 Å². The van der Waals surface area contributed by atoms with Crippen molar-refractivity contribution in [3.05, 3.63) is 36.4 Å². The number of carbonyl (C=O) groups is 1. The van der Waals surface area contributed by atoms with Crippen molar-refractivity contribution in [3.63, 3.8) is 0 Å². The summed E-state index contributed by atoms with van der Waals surface area (Å²) in [5.74, 6) is -0.880. The van der Waals surface area contributed by atoms with E-state index in [4.69, 9.17) is 25.2 Å². The largest absolute Gasteiger partial charge is 0.480 e. The third-order valence-corrected chi connectivity index (χ3v) is 2.97. The van der Waals surface area contributed by atoms with Crippen LogP contribution in [0.2, 0.25) is 0 Å². The van der Waals surface area contributed by atoms with Gasteiger partial charge in [-0.2, -0.15) is 36.4 Å². The fourth-order valence-corrected chi connectivity index (χ4v) is 1.84. The Hall–Kier alpha value is -0.756.